The Kier molecular flexibility index (Phi) is 3.03. The van der Waals surface area contributed by atoms with E-state index >= 15 is 0 Å². The van der Waals surface area contributed by atoms with E-state index < -0.39 is 0 Å². The van der Waals surface area contributed by atoms with Crippen molar-refractivity contribution in [2.45, 2.75) is 33.6 Å². The number of nitrogen functional groups attached to an aromatic ring is 2. The minimum absolute atomic E-state index is 0.314. The Hall–Kier alpha value is -1.97. The maximum Gasteiger partial charge on any atom is 0.0883 e. The van der Waals surface area contributed by atoms with Gasteiger partial charge in [0.05, 0.1) is 23.3 Å². The molecular formula is C14H20N4. The van der Waals surface area contributed by atoms with E-state index in [2.05, 4.69) is 18.9 Å². The van der Waals surface area contributed by atoms with Gasteiger partial charge in [0.2, 0.25) is 0 Å². The van der Waals surface area contributed by atoms with Crippen LogP contribution in [0.2, 0.25) is 0 Å². The van der Waals surface area contributed by atoms with Crippen LogP contribution in [0.5, 0.6) is 0 Å². The van der Waals surface area contributed by atoms with Gasteiger partial charge in [-0.1, -0.05) is 19.9 Å². The molecule has 0 aliphatic heterocycles. The summed E-state index contributed by atoms with van der Waals surface area (Å²) in [7, 11) is 0. The van der Waals surface area contributed by atoms with Crippen LogP contribution in [0.15, 0.2) is 18.3 Å². The number of nitrogens with two attached hydrogens (primary N) is 2. The number of aromatic nitrogens is 2. The maximum atomic E-state index is 6.05. The molecule has 2 aromatic rings. The number of benzene rings is 1. The van der Waals surface area contributed by atoms with Gasteiger partial charge >= 0.3 is 0 Å². The maximum absolute atomic E-state index is 6.05. The zero-order chi connectivity index (χ0) is 13.4. The lowest BCUT2D eigenvalue weighted by Gasteiger charge is -2.10. The number of hydrogen-bond acceptors (Lipinski definition) is 3. The summed E-state index contributed by atoms with van der Waals surface area (Å²) in [6.45, 7) is 8.17. The van der Waals surface area contributed by atoms with Crippen molar-refractivity contribution in [1.82, 2.24) is 9.78 Å². The Morgan fingerprint density at radius 3 is 2.39 bits per heavy atom. The highest BCUT2D eigenvalue weighted by Crippen LogP contribution is 2.26. The Bertz CT molecular complexity index is 582. The van der Waals surface area contributed by atoms with Crippen molar-refractivity contribution in [3.05, 3.63) is 35.2 Å². The average Bonchev–Trinajstić information content (AvgIpc) is 2.68. The van der Waals surface area contributed by atoms with E-state index in [9.17, 15) is 0 Å². The Morgan fingerprint density at radius 2 is 1.83 bits per heavy atom. The average molecular weight is 244 g/mol. The molecular weight excluding hydrogens is 224 g/mol. The lowest BCUT2D eigenvalue weighted by Crippen LogP contribution is -2.03. The molecule has 0 aliphatic carbocycles. The quantitative estimate of drug-likeness (QED) is 0.798. The molecule has 0 radical (unpaired) electrons. The first-order chi connectivity index (χ1) is 8.41. The predicted octanol–water partition coefficient (Wildman–Crippen LogP) is 2.78. The monoisotopic (exact) mass is 244 g/mol. The molecule has 1 aromatic carbocycles. The lowest BCUT2D eigenvalue weighted by atomic mass is 10.1. The van der Waals surface area contributed by atoms with Crippen molar-refractivity contribution in [3.8, 4) is 5.69 Å². The topological polar surface area (TPSA) is 69.9 Å². The fourth-order valence-electron chi connectivity index (χ4n) is 2.07. The molecule has 0 saturated carbocycles. The Morgan fingerprint density at radius 1 is 1.17 bits per heavy atom. The van der Waals surface area contributed by atoms with E-state index in [0.717, 1.165) is 33.9 Å². The molecule has 0 atom stereocenters. The number of rotatable bonds is 2. The summed E-state index contributed by atoms with van der Waals surface area (Å²) in [4.78, 5) is 0. The summed E-state index contributed by atoms with van der Waals surface area (Å²) in [6.07, 6.45) is 1.85. The Balaban J connectivity index is 2.56. The molecule has 0 spiro atoms. The van der Waals surface area contributed by atoms with Gasteiger partial charge in [-0.15, -0.1) is 0 Å². The third kappa shape index (κ3) is 1.94. The highest BCUT2D eigenvalue weighted by molar-refractivity contribution is 5.61. The largest absolute Gasteiger partial charge is 0.398 e. The molecule has 4 N–H and O–H groups in total. The number of hydrogen-bond donors (Lipinski definition) is 2. The second-order valence-electron chi connectivity index (χ2n) is 5.01. The molecule has 4 heteroatoms. The minimum atomic E-state index is 0.314. The molecule has 0 fully saturated rings. The van der Waals surface area contributed by atoms with Crippen LogP contribution in [0.25, 0.3) is 5.69 Å². The molecule has 2 rings (SSSR count). The highest BCUT2D eigenvalue weighted by Gasteiger charge is 2.13. The van der Waals surface area contributed by atoms with Crippen LogP contribution in [0, 0.1) is 13.8 Å². The molecule has 0 saturated heterocycles. The van der Waals surface area contributed by atoms with Crippen molar-refractivity contribution >= 4 is 11.4 Å². The van der Waals surface area contributed by atoms with Gasteiger partial charge in [0.25, 0.3) is 0 Å². The molecule has 96 valence electrons. The second kappa shape index (κ2) is 4.37. The molecule has 0 aliphatic rings. The number of aryl methyl sites for hydroxylation is 1. The van der Waals surface area contributed by atoms with Crippen LogP contribution in [0.4, 0.5) is 11.4 Å². The SMILES string of the molecule is Cc1ccc(-n2cc(N)c(C(C)C)n2)c(C)c1N. The number of nitrogens with zero attached hydrogens (tertiary/aromatic N) is 2. The fourth-order valence-corrected chi connectivity index (χ4v) is 2.07. The molecule has 0 amide bonds. The van der Waals surface area contributed by atoms with Crippen molar-refractivity contribution in [2.75, 3.05) is 11.5 Å². The van der Waals surface area contributed by atoms with Gasteiger partial charge < -0.3 is 11.5 Å². The van der Waals surface area contributed by atoms with Crippen LogP contribution in [-0.2, 0) is 0 Å². The number of anilines is 2. The van der Waals surface area contributed by atoms with Crippen molar-refractivity contribution in [3.63, 3.8) is 0 Å². The van der Waals surface area contributed by atoms with Crippen LogP contribution in [-0.4, -0.2) is 9.78 Å². The zero-order valence-electron chi connectivity index (χ0n) is 11.4. The van der Waals surface area contributed by atoms with Crippen molar-refractivity contribution < 1.29 is 0 Å². The summed E-state index contributed by atoms with van der Waals surface area (Å²) >= 11 is 0. The smallest absolute Gasteiger partial charge is 0.0883 e. The van der Waals surface area contributed by atoms with E-state index in [1.165, 1.54) is 0 Å². The first-order valence-electron chi connectivity index (χ1n) is 6.13. The first-order valence-corrected chi connectivity index (χ1v) is 6.13. The van der Waals surface area contributed by atoms with Crippen molar-refractivity contribution in [1.29, 1.82) is 0 Å². The standard InChI is InChI=1S/C14H20N4/c1-8(2)14-11(15)7-18(17-14)12-6-5-9(3)13(16)10(12)4/h5-8H,15-16H2,1-4H3. The lowest BCUT2D eigenvalue weighted by molar-refractivity contribution is 0.767. The predicted molar refractivity (Wildman–Crippen MR) is 76.0 cm³/mol. The molecule has 1 heterocycles. The summed E-state index contributed by atoms with van der Waals surface area (Å²) in [5.41, 5.74) is 17.6. The first kappa shape index (κ1) is 12.5. The van der Waals surface area contributed by atoms with E-state index in [4.69, 9.17) is 11.5 Å². The second-order valence-corrected chi connectivity index (χ2v) is 5.01. The van der Waals surface area contributed by atoms with Gasteiger partial charge in [-0.2, -0.15) is 5.10 Å². The Labute approximate surface area is 108 Å². The zero-order valence-corrected chi connectivity index (χ0v) is 11.4. The minimum Gasteiger partial charge on any atom is -0.398 e. The van der Waals surface area contributed by atoms with E-state index in [1.54, 1.807) is 0 Å². The van der Waals surface area contributed by atoms with Gasteiger partial charge in [-0.3, -0.25) is 0 Å². The van der Waals surface area contributed by atoms with E-state index in [1.807, 2.05) is 36.9 Å². The van der Waals surface area contributed by atoms with Crippen LogP contribution >= 0.6 is 0 Å². The highest BCUT2D eigenvalue weighted by atomic mass is 15.3. The van der Waals surface area contributed by atoms with Crippen LogP contribution in [0.3, 0.4) is 0 Å². The summed E-state index contributed by atoms with van der Waals surface area (Å²) in [5, 5.41) is 4.55. The third-order valence-corrected chi connectivity index (χ3v) is 3.27. The van der Waals surface area contributed by atoms with Crippen molar-refractivity contribution in [2.24, 2.45) is 0 Å². The van der Waals surface area contributed by atoms with Gasteiger partial charge in [-0.05, 0) is 37.0 Å². The fraction of sp³-hybridized carbons (Fsp3) is 0.357. The molecule has 0 unspecified atom stereocenters. The van der Waals surface area contributed by atoms with Gasteiger partial charge in [0.15, 0.2) is 0 Å². The third-order valence-electron chi connectivity index (χ3n) is 3.27. The molecule has 18 heavy (non-hydrogen) atoms. The summed E-state index contributed by atoms with van der Waals surface area (Å²) in [5.74, 6) is 0.314. The van der Waals surface area contributed by atoms with Gasteiger partial charge in [-0.25, -0.2) is 4.68 Å². The van der Waals surface area contributed by atoms with Crippen LogP contribution in [0.1, 0.15) is 36.6 Å². The van der Waals surface area contributed by atoms with E-state index in [-0.39, 0.29) is 0 Å². The molecule has 4 nitrogen and oxygen atoms in total. The summed E-state index contributed by atoms with van der Waals surface area (Å²) in [6, 6.07) is 4.03. The van der Waals surface area contributed by atoms with Gasteiger partial charge in [0.1, 0.15) is 0 Å². The van der Waals surface area contributed by atoms with Crippen LogP contribution < -0.4 is 11.5 Å². The molecule has 0 bridgehead atoms. The normalized spacial score (nSPS) is 11.2. The summed E-state index contributed by atoms with van der Waals surface area (Å²) < 4.78 is 1.82. The van der Waals surface area contributed by atoms with E-state index in [0.29, 0.717) is 5.92 Å². The molecule has 1 aromatic heterocycles. The van der Waals surface area contributed by atoms with Gasteiger partial charge in [0, 0.05) is 5.69 Å².